The van der Waals surface area contributed by atoms with E-state index in [0.29, 0.717) is 5.56 Å². The molecule has 2 aromatic carbocycles. The molecule has 21 heavy (non-hydrogen) atoms. The normalized spacial score (nSPS) is 11.6. The van der Waals surface area contributed by atoms with Gasteiger partial charge in [0.15, 0.2) is 4.90 Å². The van der Waals surface area contributed by atoms with Crippen LogP contribution in [0, 0.1) is 18.6 Å². The summed E-state index contributed by atoms with van der Waals surface area (Å²) in [6.45, 7) is 1.83. The maximum Gasteiger partial charge on any atom is 0.246 e. The first-order valence-electron chi connectivity index (χ1n) is 6.09. The lowest BCUT2D eigenvalue weighted by atomic mass is 10.2. The van der Waals surface area contributed by atoms with E-state index in [4.69, 9.17) is 5.73 Å². The van der Waals surface area contributed by atoms with Crippen molar-refractivity contribution in [2.75, 3.05) is 5.73 Å². The van der Waals surface area contributed by atoms with Crippen LogP contribution in [0.3, 0.4) is 0 Å². The van der Waals surface area contributed by atoms with E-state index in [1.807, 2.05) is 19.1 Å². The van der Waals surface area contributed by atoms with Crippen molar-refractivity contribution < 1.29 is 17.2 Å². The topological polar surface area (TPSA) is 72.2 Å². The number of hydrogen-bond donors (Lipinski definition) is 2. The molecule has 0 heterocycles. The van der Waals surface area contributed by atoms with Crippen LogP contribution in [-0.4, -0.2) is 8.42 Å². The van der Waals surface area contributed by atoms with Gasteiger partial charge in [-0.15, -0.1) is 0 Å². The smallest absolute Gasteiger partial charge is 0.246 e. The number of anilines is 1. The molecular formula is C14H14F2N2O2S. The van der Waals surface area contributed by atoms with Gasteiger partial charge in [-0.25, -0.2) is 21.9 Å². The minimum Gasteiger partial charge on any atom is -0.399 e. The summed E-state index contributed by atoms with van der Waals surface area (Å²) in [5.74, 6) is -2.44. The molecule has 0 spiro atoms. The van der Waals surface area contributed by atoms with Gasteiger partial charge in [0.25, 0.3) is 0 Å². The van der Waals surface area contributed by atoms with Crippen LogP contribution in [0.4, 0.5) is 14.5 Å². The molecule has 0 bridgehead atoms. The molecule has 4 nitrogen and oxygen atoms in total. The van der Waals surface area contributed by atoms with Gasteiger partial charge in [0, 0.05) is 12.2 Å². The van der Waals surface area contributed by atoms with Crippen molar-refractivity contribution in [3.63, 3.8) is 0 Å². The SMILES string of the molecule is Cc1ccc(CNS(=O)(=O)c2c(F)cc(N)cc2F)cc1. The van der Waals surface area contributed by atoms with E-state index in [0.717, 1.165) is 17.7 Å². The first-order valence-corrected chi connectivity index (χ1v) is 7.57. The van der Waals surface area contributed by atoms with Crippen molar-refractivity contribution in [1.29, 1.82) is 0 Å². The van der Waals surface area contributed by atoms with Crippen LogP contribution in [0.2, 0.25) is 0 Å². The van der Waals surface area contributed by atoms with Gasteiger partial charge in [-0.1, -0.05) is 29.8 Å². The number of hydrogen-bond acceptors (Lipinski definition) is 3. The third kappa shape index (κ3) is 3.56. The van der Waals surface area contributed by atoms with Gasteiger partial charge in [-0.05, 0) is 24.6 Å². The van der Waals surface area contributed by atoms with Gasteiger partial charge >= 0.3 is 0 Å². The monoisotopic (exact) mass is 312 g/mol. The second-order valence-electron chi connectivity index (χ2n) is 4.62. The number of nitrogens with one attached hydrogen (secondary N) is 1. The predicted molar refractivity (Wildman–Crippen MR) is 76.0 cm³/mol. The van der Waals surface area contributed by atoms with Gasteiger partial charge in [0.1, 0.15) is 11.6 Å². The second kappa shape index (κ2) is 5.79. The Hall–Kier alpha value is -1.99. The standard InChI is InChI=1S/C14H14F2N2O2S/c1-9-2-4-10(5-3-9)8-18-21(19,20)14-12(15)6-11(17)7-13(14)16/h2-7,18H,8,17H2,1H3. The molecule has 2 aromatic rings. The molecule has 0 unspecified atom stereocenters. The number of rotatable bonds is 4. The summed E-state index contributed by atoms with van der Waals surface area (Å²) in [4.78, 5) is -1.02. The molecule has 0 aliphatic rings. The quantitative estimate of drug-likeness (QED) is 0.851. The summed E-state index contributed by atoms with van der Waals surface area (Å²) in [6.07, 6.45) is 0. The zero-order chi connectivity index (χ0) is 15.6. The van der Waals surface area contributed by atoms with E-state index in [2.05, 4.69) is 4.72 Å². The maximum atomic E-state index is 13.6. The summed E-state index contributed by atoms with van der Waals surface area (Å²) in [6, 6.07) is 8.62. The molecule has 0 amide bonds. The Bertz CT molecular complexity index is 736. The Morgan fingerprint density at radius 1 is 1.10 bits per heavy atom. The van der Waals surface area contributed by atoms with Crippen LogP contribution in [-0.2, 0) is 16.6 Å². The number of nitrogen functional groups attached to an aromatic ring is 1. The van der Waals surface area contributed by atoms with Gasteiger partial charge in [-0.2, -0.15) is 0 Å². The molecular weight excluding hydrogens is 298 g/mol. The fourth-order valence-corrected chi connectivity index (χ4v) is 2.92. The molecule has 0 atom stereocenters. The molecule has 0 aromatic heterocycles. The Kier molecular flexibility index (Phi) is 4.24. The fourth-order valence-electron chi connectivity index (χ4n) is 1.79. The van der Waals surface area contributed by atoms with Crippen LogP contribution >= 0.6 is 0 Å². The minimum absolute atomic E-state index is 0.0636. The van der Waals surface area contributed by atoms with E-state index < -0.39 is 26.6 Å². The largest absolute Gasteiger partial charge is 0.399 e. The minimum atomic E-state index is -4.30. The lowest BCUT2D eigenvalue weighted by Gasteiger charge is -2.09. The average Bonchev–Trinajstić information content (AvgIpc) is 2.36. The van der Waals surface area contributed by atoms with Crippen molar-refractivity contribution in [1.82, 2.24) is 4.72 Å². The highest BCUT2D eigenvalue weighted by Gasteiger charge is 2.24. The number of sulfonamides is 1. The summed E-state index contributed by atoms with van der Waals surface area (Å²) in [5, 5.41) is 0. The van der Waals surface area contributed by atoms with Crippen LogP contribution in [0.5, 0.6) is 0 Å². The lowest BCUT2D eigenvalue weighted by Crippen LogP contribution is -2.25. The van der Waals surface area contributed by atoms with Gasteiger partial charge < -0.3 is 5.73 Å². The summed E-state index contributed by atoms with van der Waals surface area (Å²) < 4.78 is 53.4. The first-order chi connectivity index (χ1) is 9.79. The highest BCUT2D eigenvalue weighted by Crippen LogP contribution is 2.21. The van der Waals surface area contributed by atoms with E-state index in [1.165, 1.54) is 0 Å². The van der Waals surface area contributed by atoms with E-state index in [1.54, 1.807) is 12.1 Å². The van der Waals surface area contributed by atoms with Crippen molar-refractivity contribution in [2.24, 2.45) is 0 Å². The van der Waals surface area contributed by atoms with Gasteiger partial charge in [0.05, 0.1) is 0 Å². The molecule has 2 rings (SSSR count). The predicted octanol–water partition coefficient (Wildman–Crippen LogP) is 2.33. The van der Waals surface area contributed by atoms with Crippen molar-refractivity contribution >= 4 is 15.7 Å². The highest BCUT2D eigenvalue weighted by atomic mass is 32.2. The summed E-state index contributed by atoms with van der Waals surface area (Å²) >= 11 is 0. The molecule has 3 N–H and O–H groups in total. The van der Waals surface area contributed by atoms with Crippen LogP contribution in [0.1, 0.15) is 11.1 Å². The van der Waals surface area contributed by atoms with Crippen molar-refractivity contribution in [2.45, 2.75) is 18.4 Å². The van der Waals surface area contributed by atoms with Gasteiger partial charge in [0.2, 0.25) is 10.0 Å². The summed E-state index contributed by atoms with van der Waals surface area (Å²) in [5.41, 5.74) is 6.78. The van der Waals surface area contributed by atoms with Crippen LogP contribution in [0.25, 0.3) is 0 Å². The van der Waals surface area contributed by atoms with E-state index in [9.17, 15) is 17.2 Å². The molecule has 0 radical (unpaired) electrons. The third-order valence-corrected chi connectivity index (χ3v) is 4.33. The zero-order valence-corrected chi connectivity index (χ0v) is 12.0. The van der Waals surface area contributed by atoms with E-state index in [-0.39, 0.29) is 12.2 Å². The maximum absolute atomic E-state index is 13.6. The second-order valence-corrected chi connectivity index (χ2v) is 6.33. The lowest BCUT2D eigenvalue weighted by molar-refractivity contribution is 0.514. The molecule has 0 saturated carbocycles. The number of aryl methyl sites for hydroxylation is 1. The number of halogens is 2. The zero-order valence-electron chi connectivity index (χ0n) is 11.2. The van der Waals surface area contributed by atoms with Crippen LogP contribution in [0.15, 0.2) is 41.3 Å². The molecule has 0 saturated heterocycles. The number of nitrogens with two attached hydrogens (primary N) is 1. The third-order valence-electron chi connectivity index (χ3n) is 2.88. The Morgan fingerprint density at radius 2 is 1.62 bits per heavy atom. The Morgan fingerprint density at radius 3 is 2.14 bits per heavy atom. The molecule has 7 heteroatoms. The molecule has 0 fully saturated rings. The first kappa shape index (κ1) is 15.4. The molecule has 0 aliphatic carbocycles. The average molecular weight is 312 g/mol. The number of benzene rings is 2. The molecule has 112 valence electrons. The van der Waals surface area contributed by atoms with Crippen LogP contribution < -0.4 is 10.5 Å². The van der Waals surface area contributed by atoms with Gasteiger partial charge in [-0.3, -0.25) is 0 Å². The van der Waals surface area contributed by atoms with E-state index >= 15 is 0 Å². The Labute approximate surface area is 121 Å². The fraction of sp³-hybridized carbons (Fsp3) is 0.143. The Balaban J connectivity index is 2.25. The summed E-state index contributed by atoms with van der Waals surface area (Å²) in [7, 11) is -4.30. The van der Waals surface area contributed by atoms with Crippen molar-refractivity contribution in [3.8, 4) is 0 Å². The molecule has 0 aliphatic heterocycles. The van der Waals surface area contributed by atoms with Crippen molar-refractivity contribution in [3.05, 3.63) is 59.2 Å². The highest BCUT2D eigenvalue weighted by molar-refractivity contribution is 7.89.